The Labute approximate surface area is 108 Å². The van der Waals surface area contributed by atoms with Crippen LogP contribution in [0.4, 0.5) is 5.13 Å². The molecule has 0 fully saturated rings. The van der Waals surface area contributed by atoms with E-state index in [9.17, 15) is 8.42 Å². The molecular formula is C9H8ClN3O2S2. The molecule has 0 aliphatic rings. The van der Waals surface area contributed by atoms with E-state index in [2.05, 4.69) is 14.1 Å². The number of anilines is 1. The zero-order chi connectivity index (χ0) is 12.5. The maximum atomic E-state index is 12.0. The maximum Gasteiger partial charge on any atom is 0.264 e. The Bertz CT molecular complexity index is 626. The number of rotatable bonds is 3. The Morgan fingerprint density at radius 3 is 2.82 bits per heavy atom. The third-order valence-corrected chi connectivity index (χ3v) is 4.69. The van der Waals surface area contributed by atoms with Gasteiger partial charge < -0.3 is 0 Å². The fourth-order valence-corrected chi connectivity index (χ4v) is 3.43. The first-order valence-electron chi connectivity index (χ1n) is 4.55. The van der Waals surface area contributed by atoms with Crippen molar-refractivity contribution in [1.82, 2.24) is 9.36 Å². The van der Waals surface area contributed by atoms with Crippen LogP contribution in [0, 0.1) is 6.92 Å². The van der Waals surface area contributed by atoms with Gasteiger partial charge in [-0.15, -0.1) is 0 Å². The second-order valence-electron chi connectivity index (χ2n) is 3.21. The zero-order valence-corrected chi connectivity index (χ0v) is 11.1. The van der Waals surface area contributed by atoms with Crippen molar-refractivity contribution in [2.75, 3.05) is 4.72 Å². The van der Waals surface area contributed by atoms with Crippen molar-refractivity contribution in [2.24, 2.45) is 0 Å². The predicted octanol–water partition coefficient (Wildman–Crippen LogP) is 2.30. The highest BCUT2D eigenvalue weighted by atomic mass is 35.5. The SMILES string of the molecule is Cc1c(Cl)cccc1S(=O)(=O)Nc1ncns1. The van der Waals surface area contributed by atoms with Crippen LogP contribution in [-0.2, 0) is 10.0 Å². The molecule has 90 valence electrons. The molecule has 0 amide bonds. The summed E-state index contributed by atoms with van der Waals surface area (Å²) in [6.07, 6.45) is 1.29. The summed E-state index contributed by atoms with van der Waals surface area (Å²) in [5, 5.41) is 0.634. The van der Waals surface area contributed by atoms with Gasteiger partial charge in [-0.05, 0) is 24.6 Å². The zero-order valence-electron chi connectivity index (χ0n) is 8.71. The van der Waals surface area contributed by atoms with E-state index in [1.54, 1.807) is 19.1 Å². The number of nitrogens with zero attached hydrogens (tertiary/aromatic N) is 2. The van der Waals surface area contributed by atoms with Crippen LogP contribution >= 0.6 is 23.1 Å². The van der Waals surface area contributed by atoms with E-state index >= 15 is 0 Å². The summed E-state index contributed by atoms with van der Waals surface area (Å²) >= 11 is 6.85. The van der Waals surface area contributed by atoms with E-state index in [0.29, 0.717) is 10.6 Å². The largest absolute Gasteiger partial charge is 0.264 e. The molecule has 0 saturated heterocycles. The first kappa shape index (κ1) is 12.3. The molecule has 1 heterocycles. The fourth-order valence-electron chi connectivity index (χ4n) is 1.27. The van der Waals surface area contributed by atoms with Gasteiger partial charge >= 0.3 is 0 Å². The highest BCUT2D eigenvalue weighted by Gasteiger charge is 2.19. The molecule has 5 nitrogen and oxygen atoms in total. The van der Waals surface area contributed by atoms with Crippen molar-refractivity contribution in [3.8, 4) is 0 Å². The van der Waals surface area contributed by atoms with Crippen LogP contribution < -0.4 is 4.72 Å². The lowest BCUT2D eigenvalue weighted by Crippen LogP contribution is -2.14. The lowest BCUT2D eigenvalue weighted by atomic mass is 10.2. The molecule has 0 aliphatic heterocycles. The number of aromatic nitrogens is 2. The molecule has 1 N–H and O–H groups in total. The normalized spacial score (nSPS) is 11.4. The lowest BCUT2D eigenvalue weighted by Gasteiger charge is -2.08. The highest BCUT2D eigenvalue weighted by molar-refractivity contribution is 7.93. The molecule has 1 aromatic carbocycles. The minimum Gasteiger partial charge on any atom is -0.253 e. The van der Waals surface area contributed by atoms with Gasteiger partial charge in [0.05, 0.1) is 4.90 Å². The van der Waals surface area contributed by atoms with Crippen LogP contribution in [0.25, 0.3) is 0 Å². The molecule has 8 heteroatoms. The van der Waals surface area contributed by atoms with Gasteiger partial charge in [-0.25, -0.2) is 13.4 Å². The van der Waals surface area contributed by atoms with Crippen LogP contribution in [0.1, 0.15) is 5.56 Å². The Balaban J connectivity index is 2.42. The maximum absolute atomic E-state index is 12.0. The van der Waals surface area contributed by atoms with Crippen LogP contribution in [0.2, 0.25) is 5.02 Å². The third kappa shape index (κ3) is 2.56. The number of halogens is 1. The summed E-state index contributed by atoms with van der Waals surface area (Å²) in [5.74, 6) is 0. The second kappa shape index (κ2) is 4.59. The van der Waals surface area contributed by atoms with E-state index in [0.717, 1.165) is 11.5 Å². The summed E-state index contributed by atoms with van der Waals surface area (Å²) in [4.78, 5) is 3.90. The number of sulfonamides is 1. The fraction of sp³-hybridized carbons (Fsp3) is 0.111. The number of nitrogens with one attached hydrogen (secondary N) is 1. The van der Waals surface area contributed by atoms with Crippen molar-refractivity contribution in [2.45, 2.75) is 11.8 Å². The van der Waals surface area contributed by atoms with E-state index < -0.39 is 10.0 Å². The summed E-state index contributed by atoms with van der Waals surface area (Å²) in [6, 6.07) is 4.72. The molecule has 2 aromatic rings. The summed E-state index contributed by atoms with van der Waals surface area (Å²) in [7, 11) is -3.66. The molecule has 0 bridgehead atoms. The monoisotopic (exact) mass is 289 g/mol. The molecule has 0 radical (unpaired) electrons. The predicted molar refractivity (Wildman–Crippen MR) is 66.9 cm³/mol. The Morgan fingerprint density at radius 2 is 2.18 bits per heavy atom. The van der Waals surface area contributed by atoms with Crippen LogP contribution in [0.15, 0.2) is 29.4 Å². The summed E-state index contributed by atoms with van der Waals surface area (Å²) in [5.41, 5.74) is 0.506. The van der Waals surface area contributed by atoms with E-state index in [4.69, 9.17) is 11.6 Å². The molecule has 0 aliphatic carbocycles. The topological polar surface area (TPSA) is 72.0 Å². The minimum absolute atomic E-state index is 0.139. The smallest absolute Gasteiger partial charge is 0.253 e. The average molecular weight is 290 g/mol. The van der Waals surface area contributed by atoms with E-state index in [1.807, 2.05) is 0 Å². The Morgan fingerprint density at radius 1 is 1.41 bits per heavy atom. The molecule has 0 atom stereocenters. The summed E-state index contributed by atoms with van der Waals surface area (Å²) < 4.78 is 30.1. The third-order valence-electron chi connectivity index (χ3n) is 2.09. The van der Waals surface area contributed by atoms with Crippen LogP contribution in [0.5, 0.6) is 0 Å². The molecule has 0 saturated carbocycles. The highest BCUT2D eigenvalue weighted by Crippen LogP contribution is 2.24. The Kier molecular flexibility index (Phi) is 3.32. The molecule has 2 rings (SSSR count). The van der Waals surface area contributed by atoms with E-state index in [1.165, 1.54) is 12.4 Å². The van der Waals surface area contributed by atoms with Crippen molar-refractivity contribution in [1.29, 1.82) is 0 Å². The summed E-state index contributed by atoms with van der Waals surface area (Å²) in [6.45, 7) is 1.65. The van der Waals surface area contributed by atoms with Crippen molar-refractivity contribution in [3.05, 3.63) is 35.1 Å². The quantitative estimate of drug-likeness (QED) is 0.941. The van der Waals surface area contributed by atoms with Crippen molar-refractivity contribution >= 4 is 38.3 Å². The van der Waals surface area contributed by atoms with Gasteiger partial charge in [0.2, 0.25) is 5.13 Å². The lowest BCUT2D eigenvalue weighted by molar-refractivity contribution is 0.600. The molecule has 0 unspecified atom stereocenters. The Hall–Kier alpha value is -1.18. The van der Waals surface area contributed by atoms with Gasteiger partial charge in [-0.1, -0.05) is 17.7 Å². The first-order valence-corrected chi connectivity index (χ1v) is 7.19. The number of benzene rings is 1. The van der Waals surface area contributed by atoms with Gasteiger partial charge in [0, 0.05) is 16.6 Å². The van der Waals surface area contributed by atoms with Gasteiger partial charge in [0.15, 0.2) is 0 Å². The number of hydrogen-bond donors (Lipinski definition) is 1. The minimum atomic E-state index is -3.66. The molecule has 17 heavy (non-hydrogen) atoms. The van der Waals surface area contributed by atoms with Crippen molar-refractivity contribution in [3.63, 3.8) is 0 Å². The van der Waals surface area contributed by atoms with Gasteiger partial charge in [0.1, 0.15) is 6.33 Å². The van der Waals surface area contributed by atoms with Gasteiger partial charge in [0.25, 0.3) is 10.0 Å². The van der Waals surface area contributed by atoms with Gasteiger partial charge in [-0.3, -0.25) is 4.72 Å². The molecule has 0 spiro atoms. The van der Waals surface area contributed by atoms with Gasteiger partial charge in [-0.2, -0.15) is 4.37 Å². The van der Waals surface area contributed by atoms with Crippen LogP contribution in [-0.4, -0.2) is 17.8 Å². The molecular weight excluding hydrogens is 282 g/mol. The van der Waals surface area contributed by atoms with Crippen LogP contribution in [0.3, 0.4) is 0 Å². The van der Waals surface area contributed by atoms with E-state index in [-0.39, 0.29) is 10.0 Å². The first-order chi connectivity index (χ1) is 8.00. The standard InChI is InChI=1S/C9H8ClN3O2S2/c1-6-7(10)3-2-4-8(6)17(14,15)13-9-11-5-12-16-9/h2-5H,1H3,(H,11,12,13). The number of hydrogen-bond acceptors (Lipinski definition) is 5. The van der Waals surface area contributed by atoms with Crippen molar-refractivity contribution < 1.29 is 8.42 Å². The molecule has 1 aromatic heterocycles. The second-order valence-corrected chi connectivity index (χ2v) is 6.05. The average Bonchev–Trinajstić information content (AvgIpc) is 2.73.